The molecule has 0 saturated carbocycles. The van der Waals surface area contributed by atoms with Gasteiger partial charge in [0.25, 0.3) is 5.69 Å². The molecule has 0 fully saturated rings. The minimum atomic E-state index is -0.799. The van der Waals surface area contributed by atoms with Crippen molar-refractivity contribution >= 4 is 17.3 Å². The first-order valence-electron chi connectivity index (χ1n) is 6.72. The molecule has 7 heteroatoms. The summed E-state index contributed by atoms with van der Waals surface area (Å²) >= 11 is 0. The van der Waals surface area contributed by atoms with Crippen molar-refractivity contribution in [3.8, 4) is 0 Å². The van der Waals surface area contributed by atoms with Gasteiger partial charge in [-0.3, -0.25) is 14.9 Å². The Bertz CT molecular complexity index is 529. The van der Waals surface area contributed by atoms with Crippen LogP contribution in [0.2, 0.25) is 0 Å². The number of carbonyl (C=O) groups excluding carboxylic acids is 1. The number of nitro groups is 1. The third-order valence-corrected chi connectivity index (χ3v) is 2.95. The molecule has 0 bridgehead atoms. The molecule has 0 spiro atoms. The van der Waals surface area contributed by atoms with Gasteiger partial charge in [0.15, 0.2) is 0 Å². The van der Waals surface area contributed by atoms with E-state index in [1.807, 2.05) is 13.8 Å². The fraction of sp³-hybridized carbons (Fsp3) is 0.500. The summed E-state index contributed by atoms with van der Waals surface area (Å²) in [6.45, 7) is 5.81. The molecule has 1 atom stereocenters. The number of primary amides is 1. The molecule has 1 amide bonds. The van der Waals surface area contributed by atoms with E-state index in [1.165, 1.54) is 13.0 Å². The fourth-order valence-electron chi connectivity index (χ4n) is 2.09. The van der Waals surface area contributed by atoms with Gasteiger partial charge in [0.1, 0.15) is 5.69 Å². The molecule has 7 nitrogen and oxygen atoms in total. The van der Waals surface area contributed by atoms with E-state index >= 15 is 0 Å². The van der Waals surface area contributed by atoms with Crippen LogP contribution >= 0.6 is 0 Å². The van der Waals surface area contributed by atoms with Gasteiger partial charge in [-0.15, -0.1) is 0 Å². The SMILES string of the molecule is CC(C)CN(CC(N)=O)c1ccc([C@H](C)O)cc1[N+](=O)[O-]. The maximum absolute atomic E-state index is 11.3. The van der Waals surface area contributed by atoms with Crippen molar-refractivity contribution in [1.82, 2.24) is 0 Å². The van der Waals surface area contributed by atoms with Gasteiger partial charge >= 0.3 is 0 Å². The average Bonchev–Trinajstić information content (AvgIpc) is 2.35. The van der Waals surface area contributed by atoms with Crippen molar-refractivity contribution < 1.29 is 14.8 Å². The maximum atomic E-state index is 11.3. The van der Waals surface area contributed by atoms with E-state index in [0.717, 1.165) is 0 Å². The van der Waals surface area contributed by atoms with E-state index in [1.54, 1.807) is 17.0 Å². The molecule has 116 valence electrons. The molecule has 0 unspecified atom stereocenters. The first kappa shape index (κ1) is 16.9. The number of amides is 1. The average molecular weight is 295 g/mol. The number of aliphatic hydroxyl groups excluding tert-OH is 1. The van der Waals surface area contributed by atoms with Gasteiger partial charge in [-0.1, -0.05) is 19.9 Å². The lowest BCUT2D eigenvalue weighted by molar-refractivity contribution is -0.384. The summed E-state index contributed by atoms with van der Waals surface area (Å²) in [7, 11) is 0. The Balaban J connectivity index is 3.28. The van der Waals surface area contributed by atoms with E-state index in [2.05, 4.69) is 0 Å². The maximum Gasteiger partial charge on any atom is 0.292 e. The van der Waals surface area contributed by atoms with Crippen molar-refractivity contribution in [1.29, 1.82) is 0 Å². The first-order chi connectivity index (χ1) is 9.72. The summed E-state index contributed by atoms with van der Waals surface area (Å²) in [5.41, 5.74) is 5.86. The smallest absolute Gasteiger partial charge is 0.292 e. The Morgan fingerprint density at radius 3 is 2.48 bits per heavy atom. The molecule has 1 aromatic carbocycles. The molecule has 21 heavy (non-hydrogen) atoms. The highest BCUT2D eigenvalue weighted by Crippen LogP contribution is 2.31. The molecule has 0 radical (unpaired) electrons. The number of nitrogens with zero attached hydrogens (tertiary/aromatic N) is 2. The standard InChI is InChI=1S/C14H21N3O4/c1-9(2)7-16(8-14(15)19)12-5-4-11(10(3)18)6-13(12)17(20)21/h4-6,9-10,18H,7-8H2,1-3H3,(H2,15,19)/t10-/m0/s1. The third-order valence-electron chi connectivity index (χ3n) is 2.95. The summed E-state index contributed by atoms with van der Waals surface area (Å²) < 4.78 is 0. The number of hydrogen-bond acceptors (Lipinski definition) is 5. The second-order valence-corrected chi connectivity index (χ2v) is 5.42. The molecular formula is C14H21N3O4. The number of nitrogens with two attached hydrogens (primary N) is 1. The van der Waals surface area contributed by atoms with E-state index in [9.17, 15) is 20.0 Å². The summed E-state index contributed by atoms with van der Waals surface area (Å²) in [5.74, 6) is -0.343. The predicted molar refractivity (Wildman–Crippen MR) is 80.0 cm³/mol. The molecule has 0 aromatic heterocycles. The van der Waals surface area contributed by atoms with Crippen LogP contribution in [0, 0.1) is 16.0 Å². The zero-order valence-corrected chi connectivity index (χ0v) is 12.4. The van der Waals surface area contributed by atoms with Gasteiger partial charge < -0.3 is 15.7 Å². The summed E-state index contributed by atoms with van der Waals surface area (Å²) in [4.78, 5) is 23.5. The molecule has 1 rings (SSSR count). The van der Waals surface area contributed by atoms with E-state index in [-0.39, 0.29) is 18.2 Å². The fourth-order valence-corrected chi connectivity index (χ4v) is 2.09. The lowest BCUT2D eigenvalue weighted by Gasteiger charge is -2.25. The number of rotatable bonds is 7. The van der Waals surface area contributed by atoms with Gasteiger partial charge in [-0.2, -0.15) is 0 Å². The largest absolute Gasteiger partial charge is 0.389 e. The van der Waals surface area contributed by atoms with Gasteiger partial charge in [-0.05, 0) is 24.5 Å². The highest BCUT2D eigenvalue weighted by atomic mass is 16.6. The number of benzene rings is 1. The summed E-state index contributed by atoms with van der Waals surface area (Å²) in [6, 6.07) is 4.49. The summed E-state index contributed by atoms with van der Waals surface area (Å²) in [5, 5.41) is 20.8. The number of anilines is 1. The molecule has 1 aromatic rings. The predicted octanol–water partition coefficient (Wildman–Crippen LogP) is 1.60. The molecular weight excluding hydrogens is 274 g/mol. The van der Waals surface area contributed by atoms with Crippen LogP contribution in [0.1, 0.15) is 32.4 Å². The van der Waals surface area contributed by atoms with Crippen molar-refractivity contribution in [3.63, 3.8) is 0 Å². The molecule has 0 aliphatic rings. The van der Waals surface area contributed by atoms with Crippen LogP contribution in [0.5, 0.6) is 0 Å². The second-order valence-electron chi connectivity index (χ2n) is 5.42. The Kier molecular flexibility index (Phi) is 5.66. The first-order valence-corrected chi connectivity index (χ1v) is 6.72. The number of nitro benzene ring substituents is 1. The van der Waals surface area contributed by atoms with Crippen molar-refractivity contribution in [2.75, 3.05) is 18.0 Å². The third kappa shape index (κ3) is 4.71. The van der Waals surface area contributed by atoms with E-state index < -0.39 is 16.9 Å². The Labute approximate surface area is 123 Å². The lowest BCUT2D eigenvalue weighted by atomic mass is 10.1. The Hall–Kier alpha value is -2.15. The minimum absolute atomic E-state index is 0.0902. The normalized spacial score (nSPS) is 12.2. The highest BCUT2D eigenvalue weighted by Gasteiger charge is 2.22. The summed E-state index contributed by atoms with van der Waals surface area (Å²) in [6.07, 6.45) is -0.799. The molecule has 0 aliphatic carbocycles. The van der Waals surface area contributed by atoms with Crippen molar-refractivity contribution in [2.45, 2.75) is 26.9 Å². The highest BCUT2D eigenvalue weighted by molar-refractivity contribution is 5.81. The van der Waals surface area contributed by atoms with Crippen molar-refractivity contribution in [3.05, 3.63) is 33.9 Å². The number of aliphatic hydroxyl groups is 1. The molecule has 0 saturated heterocycles. The zero-order chi connectivity index (χ0) is 16.2. The second kappa shape index (κ2) is 7.03. The molecule has 0 aliphatic heterocycles. The van der Waals surface area contributed by atoms with Crippen LogP contribution in [-0.2, 0) is 4.79 Å². The zero-order valence-electron chi connectivity index (χ0n) is 12.4. The number of carbonyl (C=O) groups is 1. The van der Waals surface area contributed by atoms with Crippen LogP contribution in [0.15, 0.2) is 18.2 Å². The van der Waals surface area contributed by atoms with E-state index in [4.69, 9.17) is 5.73 Å². The van der Waals surface area contributed by atoms with Gasteiger partial charge in [0.05, 0.1) is 17.6 Å². The van der Waals surface area contributed by atoms with Crippen molar-refractivity contribution in [2.24, 2.45) is 11.7 Å². The topological polar surface area (TPSA) is 110 Å². The van der Waals surface area contributed by atoms with Crippen LogP contribution in [0.25, 0.3) is 0 Å². The molecule has 0 heterocycles. The van der Waals surface area contributed by atoms with Crippen LogP contribution in [0.3, 0.4) is 0 Å². The van der Waals surface area contributed by atoms with E-state index in [0.29, 0.717) is 17.8 Å². The van der Waals surface area contributed by atoms with Gasteiger partial charge in [0.2, 0.25) is 5.91 Å². The Morgan fingerprint density at radius 1 is 1.43 bits per heavy atom. The van der Waals surface area contributed by atoms with Gasteiger partial charge in [0, 0.05) is 12.6 Å². The van der Waals surface area contributed by atoms with Crippen LogP contribution in [0.4, 0.5) is 11.4 Å². The van der Waals surface area contributed by atoms with Crippen LogP contribution in [-0.4, -0.2) is 29.0 Å². The quantitative estimate of drug-likeness (QED) is 0.586. The molecule has 3 N–H and O–H groups in total. The lowest BCUT2D eigenvalue weighted by Crippen LogP contribution is -2.36. The monoisotopic (exact) mass is 295 g/mol. The van der Waals surface area contributed by atoms with Gasteiger partial charge in [-0.25, -0.2) is 0 Å². The number of hydrogen-bond donors (Lipinski definition) is 2. The Morgan fingerprint density at radius 2 is 2.05 bits per heavy atom. The van der Waals surface area contributed by atoms with Crippen LogP contribution < -0.4 is 10.6 Å². The minimum Gasteiger partial charge on any atom is -0.389 e.